The largest absolute Gasteiger partial charge is 0.478 e. The van der Waals surface area contributed by atoms with E-state index in [1.165, 1.54) is 0 Å². The topological polar surface area (TPSA) is 40.5 Å². The quantitative estimate of drug-likeness (QED) is 0.899. The van der Waals surface area contributed by atoms with Crippen molar-refractivity contribution in [2.24, 2.45) is 0 Å². The SMILES string of the molecule is O=C(O)c1cc(F)c(N2CCCSCC2)c(F)c1. The van der Waals surface area contributed by atoms with Gasteiger partial charge in [-0.05, 0) is 24.3 Å². The summed E-state index contributed by atoms with van der Waals surface area (Å²) in [6, 6.07) is 1.75. The molecule has 0 radical (unpaired) electrons. The summed E-state index contributed by atoms with van der Waals surface area (Å²) in [4.78, 5) is 12.3. The van der Waals surface area contributed by atoms with Crippen molar-refractivity contribution in [3.05, 3.63) is 29.3 Å². The lowest BCUT2D eigenvalue weighted by Gasteiger charge is -2.23. The van der Waals surface area contributed by atoms with Crippen molar-refractivity contribution < 1.29 is 18.7 Å². The first-order valence-electron chi connectivity index (χ1n) is 5.64. The summed E-state index contributed by atoms with van der Waals surface area (Å²) in [6.07, 6.45) is 0.865. The first-order valence-corrected chi connectivity index (χ1v) is 6.80. The molecule has 1 fully saturated rings. The zero-order valence-corrected chi connectivity index (χ0v) is 10.5. The van der Waals surface area contributed by atoms with Gasteiger partial charge < -0.3 is 10.0 Å². The van der Waals surface area contributed by atoms with Crippen LogP contribution in [-0.2, 0) is 0 Å². The summed E-state index contributed by atoms with van der Waals surface area (Å²) >= 11 is 1.75. The van der Waals surface area contributed by atoms with E-state index in [2.05, 4.69) is 0 Å². The molecular formula is C12H13F2NO2S. The lowest BCUT2D eigenvalue weighted by molar-refractivity contribution is 0.0696. The molecule has 1 aromatic rings. The van der Waals surface area contributed by atoms with Crippen molar-refractivity contribution in [1.82, 2.24) is 0 Å². The van der Waals surface area contributed by atoms with E-state index in [1.54, 1.807) is 16.7 Å². The van der Waals surface area contributed by atoms with E-state index < -0.39 is 17.6 Å². The van der Waals surface area contributed by atoms with Crippen LogP contribution in [-0.4, -0.2) is 35.7 Å². The number of benzene rings is 1. The fourth-order valence-electron chi connectivity index (χ4n) is 1.96. The molecule has 18 heavy (non-hydrogen) atoms. The minimum Gasteiger partial charge on any atom is -0.478 e. The molecular weight excluding hydrogens is 260 g/mol. The summed E-state index contributed by atoms with van der Waals surface area (Å²) in [7, 11) is 0. The highest BCUT2D eigenvalue weighted by molar-refractivity contribution is 7.99. The summed E-state index contributed by atoms with van der Waals surface area (Å²) in [5, 5.41) is 8.73. The van der Waals surface area contributed by atoms with Crippen molar-refractivity contribution in [2.45, 2.75) is 6.42 Å². The number of aromatic carboxylic acids is 1. The second-order valence-electron chi connectivity index (χ2n) is 4.05. The summed E-state index contributed by atoms with van der Waals surface area (Å²) in [6.45, 7) is 1.16. The van der Waals surface area contributed by atoms with Gasteiger partial charge in [0, 0.05) is 18.8 Å². The molecule has 0 amide bonds. The number of hydrogen-bond donors (Lipinski definition) is 1. The van der Waals surface area contributed by atoms with Crippen molar-refractivity contribution in [2.75, 3.05) is 29.5 Å². The molecule has 0 atom stereocenters. The van der Waals surface area contributed by atoms with Gasteiger partial charge in [-0.15, -0.1) is 0 Å². The van der Waals surface area contributed by atoms with E-state index in [0.29, 0.717) is 13.1 Å². The van der Waals surface area contributed by atoms with Gasteiger partial charge in [0.05, 0.1) is 5.56 Å². The Morgan fingerprint density at radius 2 is 1.89 bits per heavy atom. The standard InChI is InChI=1S/C12H13F2NO2S/c13-9-6-8(12(16)17)7-10(14)11(9)15-2-1-4-18-5-3-15/h6-7H,1-5H2,(H,16,17). The van der Waals surface area contributed by atoms with E-state index >= 15 is 0 Å². The molecule has 98 valence electrons. The van der Waals surface area contributed by atoms with Crippen LogP contribution in [0.3, 0.4) is 0 Å². The van der Waals surface area contributed by atoms with Crippen LogP contribution < -0.4 is 4.90 Å². The fraction of sp³-hybridized carbons (Fsp3) is 0.417. The average Bonchev–Trinajstić information content (AvgIpc) is 2.57. The molecule has 3 nitrogen and oxygen atoms in total. The molecule has 1 aliphatic heterocycles. The monoisotopic (exact) mass is 273 g/mol. The van der Waals surface area contributed by atoms with Gasteiger partial charge in [0.1, 0.15) is 17.3 Å². The highest BCUT2D eigenvalue weighted by atomic mass is 32.2. The Bertz CT molecular complexity index is 436. The number of halogens is 2. The van der Waals surface area contributed by atoms with Crippen LogP contribution in [0.2, 0.25) is 0 Å². The zero-order valence-electron chi connectivity index (χ0n) is 9.66. The first kappa shape index (κ1) is 13.1. The molecule has 0 saturated carbocycles. The van der Waals surface area contributed by atoms with E-state index in [-0.39, 0.29) is 11.3 Å². The average molecular weight is 273 g/mol. The van der Waals surface area contributed by atoms with Gasteiger partial charge in [-0.1, -0.05) is 0 Å². The number of rotatable bonds is 2. The molecule has 0 aromatic heterocycles. The minimum atomic E-state index is -1.33. The predicted octanol–water partition coefficient (Wildman–Crippen LogP) is 2.61. The predicted molar refractivity (Wildman–Crippen MR) is 67.5 cm³/mol. The molecule has 0 spiro atoms. The minimum absolute atomic E-state index is 0.109. The van der Waals surface area contributed by atoms with Gasteiger partial charge in [0.25, 0.3) is 0 Å². The maximum absolute atomic E-state index is 13.8. The van der Waals surface area contributed by atoms with Gasteiger partial charge in [-0.2, -0.15) is 11.8 Å². The summed E-state index contributed by atoms with van der Waals surface area (Å²) in [5.41, 5.74) is -0.472. The normalized spacial score (nSPS) is 16.4. The lowest BCUT2D eigenvalue weighted by atomic mass is 10.1. The highest BCUT2D eigenvalue weighted by Gasteiger charge is 2.20. The van der Waals surface area contributed by atoms with Crippen LogP contribution in [0.15, 0.2) is 12.1 Å². The number of carboxylic acid groups (broad SMARTS) is 1. The smallest absolute Gasteiger partial charge is 0.335 e. The second-order valence-corrected chi connectivity index (χ2v) is 5.27. The molecule has 0 bridgehead atoms. The number of anilines is 1. The number of nitrogens with zero attached hydrogens (tertiary/aromatic N) is 1. The van der Waals surface area contributed by atoms with E-state index in [9.17, 15) is 13.6 Å². The molecule has 0 unspecified atom stereocenters. The van der Waals surface area contributed by atoms with Crippen molar-refractivity contribution >= 4 is 23.4 Å². The van der Waals surface area contributed by atoms with Gasteiger partial charge >= 0.3 is 5.97 Å². The van der Waals surface area contributed by atoms with Gasteiger partial charge in [-0.25, -0.2) is 13.6 Å². The van der Waals surface area contributed by atoms with Crippen LogP contribution in [0.4, 0.5) is 14.5 Å². The fourth-order valence-corrected chi connectivity index (χ4v) is 2.85. The maximum atomic E-state index is 13.8. The van der Waals surface area contributed by atoms with Crippen LogP contribution in [0.5, 0.6) is 0 Å². The van der Waals surface area contributed by atoms with Gasteiger partial charge in [-0.3, -0.25) is 0 Å². The van der Waals surface area contributed by atoms with Crippen molar-refractivity contribution in [1.29, 1.82) is 0 Å². The van der Waals surface area contributed by atoms with Crippen molar-refractivity contribution in [3.8, 4) is 0 Å². The molecule has 6 heteroatoms. The molecule has 1 aliphatic rings. The van der Waals surface area contributed by atoms with Crippen LogP contribution >= 0.6 is 11.8 Å². The number of carboxylic acids is 1. The Kier molecular flexibility index (Phi) is 4.06. The Morgan fingerprint density at radius 3 is 2.50 bits per heavy atom. The molecule has 1 saturated heterocycles. The van der Waals surface area contributed by atoms with Crippen molar-refractivity contribution in [3.63, 3.8) is 0 Å². The van der Waals surface area contributed by atoms with Crippen LogP contribution in [0.1, 0.15) is 16.8 Å². The third-order valence-electron chi connectivity index (χ3n) is 2.80. The maximum Gasteiger partial charge on any atom is 0.335 e. The molecule has 1 heterocycles. The van der Waals surface area contributed by atoms with Crippen LogP contribution in [0.25, 0.3) is 0 Å². The molecule has 1 N–H and O–H groups in total. The Balaban J connectivity index is 2.34. The Labute approximate surface area is 108 Å². The van der Waals surface area contributed by atoms with Gasteiger partial charge in [0.2, 0.25) is 0 Å². The Hall–Kier alpha value is -1.30. The molecule has 1 aromatic carbocycles. The number of hydrogen-bond acceptors (Lipinski definition) is 3. The lowest BCUT2D eigenvalue weighted by Crippen LogP contribution is -2.27. The Morgan fingerprint density at radius 1 is 1.22 bits per heavy atom. The van der Waals surface area contributed by atoms with E-state index in [1.807, 2.05) is 0 Å². The second kappa shape index (κ2) is 5.56. The molecule has 0 aliphatic carbocycles. The molecule has 2 rings (SSSR count). The summed E-state index contributed by atoms with van der Waals surface area (Å²) in [5.74, 6) is -1.14. The first-order chi connectivity index (χ1) is 8.59. The summed E-state index contributed by atoms with van der Waals surface area (Å²) < 4.78 is 27.7. The number of thioether (sulfide) groups is 1. The highest BCUT2D eigenvalue weighted by Crippen LogP contribution is 2.27. The van der Waals surface area contributed by atoms with E-state index in [0.717, 1.165) is 30.1 Å². The zero-order chi connectivity index (χ0) is 13.1. The van der Waals surface area contributed by atoms with Crippen LogP contribution in [0, 0.1) is 11.6 Å². The third kappa shape index (κ3) is 2.75. The number of carbonyl (C=O) groups is 1. The van der Waals surface area contributed by atoms with E-state index in [4.69, 9.17) is 5.11 Å². The van der Waals surface area contributed by atoms with Gasteiger partial charge in [0.15, 0.2) is 0 Å². The third-order valence-corrected chi connectivity index (χ3v) is 3.85.